The third-order valence-electron chi connectivity index (χ3n) is 2.15. The fraction of sp³-hybridized carbons (Fsp3) is 0.0769. The summed E-state index contributed by atoms with van der Waals surface area (Å²) in [5, 5.41) is 23.1. The Bertz CT molecular complexity index is 648. The second-order valence-corrected chi connectivity index (χ2v) is 4.31. The van der Waals surface area contributed by atoms with Gasteiger partial charge in [-0.2, -0.15) is 10.5 Å². The van der Waals surface area contributed by atoms with Crippen LogP contribution in [0.4, 0.5) is 0 Å². The van der Waals surface area contributed by atoms with Gasteiger partial charge in [-0.15, -0.1) is 11.3 Å². The third kappa shape index (κ3) is 3.38. The summed E-state index contributed by atoms with van der Waals surface area (Å²) in [5.41, 5.74) is 1.44. The van der Waals surface area contributed by atoms with Crippen LogP contribution in [-0.4, -0.2) is 10.7 Å². The molecule has 0 saturated heterocycles. The molecule has 0 amide bonds. The number of oxime groups is 1. The molecule has 5 nitrogen and oxygen atoms in total. The van der Waals surface area contributed by atoms with Crippen molar-refractivity contribution in [1.29, 1.82) is 10.5 Å². The number of nitriles is 2. The molecule has 1 heterocycles. The Labute approximate surface area is 114 Å². The van der Waals surface area contributed by atoms with Gasteiger partial charge in [-0.1, -0.05) is 35.5 Å². The Hall–Kier alpha value is -2.70. The fourth-order valence-electron chi connectivity index (χ4n) is 1.32. The van der Waals surface area contributed by atoms with Crippen LogP contribution in [0.1, 0.15) is 5.69 Å². The van der Waals surface area contributed by atoms with Crippen LogP contribution in [0.2, 0.25) is 0 Å². The summed E-state index contributed by atoms with van der Waals surface area (Å²) >= 11 is 1.50. The first-order valence-corrected chi connectivity index (χ1v) is 6.21. The molecule has 19 heavy (non-hydrogen) atoms. The van der Waals surface area contributed by atoms with Gasteiger partial charge < -0.3 is 4.84 Å². The highest BCUT2D eigenvalue weighted by molar-refractivity contribution is 7.13. The lowest BCUT2D eigenvalue weighted by Gasteiger charge is -1.95. The normalized spacial score (nSPS) is 9.16. The van der Waals surface area contributed by atoms with E-state index in [2.05, 4.69) is 10.1 Å². The van der Waals surface area contributed by atoms with Crippen LogP contribution in [0.3, 0.4) is 0 Å². The zero-order chi connectivity index (χ0) is 13.5. The van der Waals surface area contributed by atoms with Crippen molar-refractivity contribution in [2.75, 3.05) is 0 Å². The molecule has 1 aromatic heterocycles. The van der Waals surface area contributed by atoms with Gasteiger partial charge in [0.05, 0.1) is 5.69 Å². The lowest BCUT2D eigenvalue weighted by atomic mass is 10.2. The van der Waals surface area contributed by atoms with E-state index in [0.717, 1.165) is 10.6 Å². The number of thiazole rings is 1. The molecule has 0 atom stereocenters. The van der Waals surface area contributed by atoms with Crippen molar-refractivity contribution < 1.29 is 4.84 Å². The number of nitrogens with zero attached hydrogens (tertiary/aromatic N) is 4. The zero-order valence-corrected chi connectivity index (χ0v) is 10.6. The Morgan fingerprint density at radius 2 is 2.00 bits per heavy atom. The number of rotatable bonds is 4. The molecule has 0 spiro atoms. The van der Waals surface area contributed by atoms with Crippen molar-refractivity contribution in [3.63, 3.8) is 0 Å². The molecule has 2 aromatic rings. The molecule has 0 bridgehead atoms. The summed E-state index contributed by atoms with van der Waals surface area (Å²) in [6, 6.07) is 13.0. The van der Waals surface area contributed by atoms with E-state index < -0.39 is 0 Å². The maximum Gasteiger partial charge on any atom is 0.256 e. The summed E-state index contributed by atoms with van der Waals surface area (Å²) in [7, 11) is 0. The molecular formula is C13H8N4OS. The molecule has 0 N–H and O–H groups in total. The smallest absolute Gasteiger partial charge is 0.256 e. The number of aromatic nitrogens is 1. The topological polar surface area (TPSA) is 82.1 Å². The Kier molecular flexibility index (Phi) is 4.22. The minimum atomic E-state index is -0.307. The van der Waals surface area contributed by atoms with E-state index in [9.17, 15) is 0 Å². The van der Waals surface area contributed by atoms with Gasteiger partial charge >= 0.3 is 0 Å². The Morgan fingerprint density at radius 3 is 2.68 bits per heavy atom. The van der Waals surface area contributed by atoms with Crippen LogP contribution in [0.15, 0.2) is 40.9 Å². The van der Waals surface area contributed by atoms with Crippen molar-refractivity contribution in [1.82, 2.24) is 4.98 Å². The average molecular weight is 268 g/mol. The van der Waals surface area contributed by atoms with E-state index in [4.69, 9.17) is 15.4 Å². The van der Waals surface area contributed by atoms with Gasteiger partial charge in [-0.3, -0.25) is 0 Å². The van der Waals surface area contributed by atoms with E-state index in [1.165, 1.54) is 11.3 Å². The van der Waals surface area contributed by atoms with Crippen LogP contribution in [-0.2, 0) is 11.4 Å². The predicted molar refractivity (Wildman–Crippen MR) is 71.0 cm³/mol. The van der Waals surface area contributed by atoms with E-state index in [0.29, 0.717) is 5.69 Å². The van der Waals surface area contributed by atoms with Crippen LogP contribution in [0.5, 0.6) is 0 Å². The molecule has 0 unspecified atom stereocenters. The van der Waals surface area contributed by atoms with Crippen molar-refractivity contribution in [3.05, 3.63) is 41.4 Å². The van der Waals surface area contributed by atoms with Gasteiger partial charge in [-0.25, -0.2) is 4.98 Å². The number of hydrogen-bond donors (Lipinski definition) is 0. The molecule has 0 radical (unpaired) electrons. The second-order valence-electron chi connectivity index (χ2n) is 3.45. The van der Waals surface area contributed by atoms with Gasteiger partial charge in [-0.05, 0) is 0 Å². The maximum absolute atomic E-state index is 8.48. The zero-order valence-electron chi connectivity index (χ0n) is 9.78. The predicted octanol–water partition coefficient (Wildman–Crippen LogP) is 2.73. The standard InChI is InChI=1S/C13H8N4OS/c14-6-11(7-15)17-18-8-12-9-19-13(16-12)10-4-2-1-3-5-10/h1-5,9H,8H2. The molecule has 0 fully saturated rings. The largest absolute Gasteiger partial charge is 0.388 e. The van der Waals surface area contributed by atoms with Gasteiger partial charge in [0.25, 0.3) is 5.71 Å². The average Bonchev–Trinajstić information content (AvgIpc) is 2.93. The van der Waals surface area contributed by atoms with Crippen molar-refractivity contribution in [3.8, 4) is 22.7 Å². The summed E-state index contributed by atoms with van der Waals surface area (Å²) < 4.78 is 0. The molecule has 0 aliphatic carbocycles. The van der Waals surface area contributed by atoms with Crippen LogP contribution in [0, 0.1) is 22.7 Å². The molecule has 92 valence electrons. The Morgan fingerprint density at radius 1 is 1.26 bits per heavy atom. The molecular weight excluding hydrogens is 260 g/mol. The first-order valence-electron chi connectivity index (χ1n) is 5.33. The SMILES string of the molecule is N#CC(C#N)=NOCc1csc(-c2ccccc2)n1. The molecule has 6 heteroatoms. The monoisotopic (exact) mass is 268 g/mol. The van der Waals surface area contributed by atoms with Crippen LogP contribution < -0.4 is 0 Å². The van der Waals surface area contributed by atoms with E-state index in [1.54, 1.807) is 12.1 Å². The first-order chi connectivity index (χ1) is 9.33. The first kappa shape index (κ1) is 12.7. The minimum Gasteiger partial charge on any atom is -0.388 e. The second kappa shape index (κ2) is 6.29. The molecule has 2 rings (SSSR count). The molecule has 0 saturated carbocycles. The van der Waals surface area contributed by atoms with Crippen LogP contribution in [0.25, 0.3) is 10.6 Å². The van der Waals surface area contributed by atoms with Gasteiger partial charge in [0.1, 0.15) is 17.1 Å². The molecule has 0 aliphatic heterocycles. The van der Waals surface area contributed by atoms with E-state index in [-0.39, 0.29) is 12.3 Å². The maximum atomic E-state index is 8.48. The fourth-order valence-corrected chi connectivity index (χ4v) is 2.13. The van der Waals surface area contributed by atoms with Gasteiger partial charge in [0.15, 0.2) is 6.61 Å². The van der Waals surface area contributed by atoms with Gasteiger partial charge in [0, 0.05) is 10.9 Å². The summed E-state index contributed by atoms with van der Waals surface area (Å²) in [6.07, 6.45) is 0. The highest BCUT2D eigenvalue weighted by atomic mass is 32.1. The summed E-state index contributed by atoms with van der Waals surface area (Å²) in [6.45, 7) is 0.135. The minimum absolute atomic E-state index is 0.135. The Balaban J connectivity index is 2.02. The summed E-state index contributed by atoms with van der Waals surface area (Å²) in [4.78, 5) is 9.29. The van der Waals surface area contributed by atoms with Crippen molar-refractivity contribution >= 4 is 17.0 Å². The van der Waals surface area contributed by atoms with Crippen LogP contribution >= 0.6 is 11.3 Å². The van der Waals surface area contributed by atoms with E-state index >= 15 is 0 Å². The van der Waals surface area contributed by atoms with Crippen molar-refractivity contribution in [2.24, 2.45) is 5.16 Å². The van der Waals surface area contributed by atoms with Crippen molar-refractivity contribution in [2.45, 2.75) is 6.61 Å². The molecule has 0 aliphatic rings. The quantitative estimate of drug-likeness (QED) is 0.630. The highest BCUT2D eigenvalue weighted by Gasteiger charge is 2.04. The van der Waals surface area contributed by atoms with Gasteiger partial charge in [0.2, 0.25) is 0 Å². The molecule has 1 aromatic carbocycles. The number of hydrogen-bond acceptors (Lipinski definition) is 6. The number of benzene rings is 1. The van der Waals surface area contributed by atoms with E-state index in [1.807, 2.05) is 35.7 Å². The highest BCUT2D eigenvalue weighted by Crippen LogP contribution is 2.23. The lowest BCUT2D eigenvalue weighted by molar-refractivity contribution is 0.129. The lowest BCUT2D eigenvalue weighted by Crippen LogP contribution is -1.93. The summed E-state index contributed by atoms with van der Waals surface area (Å²) in [5.74, 6) is 0. The third-order valence-corrected chi connectivity index (χ3v) is 3.09.